The summed E-state index contributed by atoms with van der Waals surface area (Å²) in [6.45, 7) is 6.17. The van der Waals surface area contributed by atoms with E-state index in [9.17, 15) is 9.59 Å². The molecule has 3 rings (SSSR count). The van der Waals surface area contributed by atoms with E-state index in [1.807, 2.05) is 43.3 Å². The standard InChI is InChI=1S/C24H26N2O3S2/c1-15(2)13-17-5-9-19(10-6-17)16(3)22(27)25-26-23(28)21(31-24(26)30)14-18-7-11-20(29-4)12-8-18/h5-12,14-16H,13H2,1-4H3,(H,25,27)/b21-14-/t16-/m0/s1. The van der Waals surface area contributed by atoms with Gasteiger partial charge in [0.05, 0.1) is 17.9 Å². The van der Waals surface area contributed by atoms with E-state index in [-0.39, 0.29) is 11.8 Å². The number of methoxy groups -OCH3 is 1. The predicted octanol–water partition coefficient (Wildman–Crippen LogP) is 4.93. The Labute approximate surface area is 192 Å². The molecule has 1 fully saturated rings. The van der Waals surface area contributed by atoms with Gasteiger partial charge in [-0.3, -0.25) is 15.0 Å². The molecule has 0 spiro atoms. The van der Waals surface area contributed by atoms with Crippen molar-refractivity contribution in [3.05, 3.63) is 70.1 Å². The molecule has 0 aromatic heterocycles. The largest absolute Gasteiger partial charge is 0.497 e. The maximum atomic E-state index is 12.8. The van der Waals surface area contributed by atoms with Crippen molar-refractivity contribution in [3.63, 3.8) is 0 Å². The van der Waals surface area contributed by atoms with Crippen molar-refractivity contribution in [2.75, 3.05) is 7.11 Å². The van der Waals surface area contributed by atoms with Gasteiger partial charge in [-0.15, -0.1) is 0 Å². The number of carbonyl (C=O) groups excluding carboxylic acids is 2. The molecule has 0 radical (unpaired) electrons. The minimum absolute atomic E-state index is 0.279. The number of thiocarbonyl (C=S) groups is 1. The van der Waals surface area contributed by atoms with E-state index in [0.29, 0.717) is 15.1 Å². The number of hydrogen-bond acceptors (Lipinski definition) is 5. The summed E-state index contributed by atoms with van der Waals surface area (Å²) in [7, 11) is 1.60. The van der Waals surface area contributed by atoms with Crippen LogP contribution >= 0.6 is 24.0 Å². The molecule has 1 aliphatic rings. The normalized spacial score (nSPS) is 16.2. The van der Waals surface area contributed by atoms with Crippen molar-refractivity contribution in [1.82, 2.24) is 10.4 Å². The third-order valence-electron chi connectivity index (χ3n) is 4.95. The van der Waals surface area contributed by atoms with Gasteiger partial charge in [-0.25, -0.2) is 0 Å². The number of hydrogen-bond donors (Lipinski definition) is 1. The number of benzene rings is 2. The van der Waals surface area contributed by atoms with E-state index in [4.69, 9.17) is 17.0 Å². The van der Waals surface area contributed by atoms with Crippen molar-refractivity contribution in [2.45, 2.75) is 33.1 Å². The maximum absolute atomic E-state index is 12.8. The molecular formula is C24H26N2O3S2. The molecule has 31 heavy (non-hydrogen) atoms. The van der Waals surface area contributed by atoms with Gasteiger partial charge in [0.1, 0.15) is 5.75 Å². The highest BCUT2D eigenvalue weighted by Gasteiger charge is 2.34. The summed E-state index contributed by atoms with van der Waals surface area (Å²) in [6, 6.07) is 15.4. The molecule has 0 saturated carbocycles. The summed E-state index contributed by atoms with van der Waals surface area (Å²) in [5, 5.41) is 1.15. The molecule has 1 heterocycles. The van der Waals surface area contributed by atoms with Crippen LogP contribution in [-0.2, 0) is 16.0 Å². The fraction of sp³-hybridized carbons (Fsp3) is 0.292. The summed E-state index contributed by atoms with van der Waals surface area (Å²) in [6.07, 6.45) is 2.75. The van der Waals surface area contributed by atoms with E-state index in [0.717, 1.165) is 28.3 Å². The Bertz CT molecular complexity index is 998. The number of ether oxygens (including phenoxy) is 1. The van der Waals surface area contributed by atoms with E-state index in [1.54, 1.807) is 13.2 Å². The molecule has 0 aliphatic carbocycles. The van der Waals surface area contributed by atoms with Gasteiger partial charge in [-0.2, -0.15) is 5.01 Å². The molecule has 1 N–H and O–H groups in total. The second-order valence-electron chi connectivity index (χ2n) is 7.83. The van der Waals surface area contributed by atoms with Crippen molar-refractivity contribution < 1.29 is 14.3 Å². The third-order valence-corrected chi connectivity index (χ3v) is 6.25. The van der Waals surface area contributed by atoms with Crippen LogP contribution in [0, 0.1) is 5.92 Å². The fourth-order valence-electron chi connectivity index (χ4n) is 3.19. The minimum atomic E-state index is -0.414. The van der Waals surface area contributed by atoms with Crippen LogP contribution in [-0.4, -0.2) is 28.3 Å². The van der Waals surface area contributed by atoms with Crippen LogP contribution in [0.2, 0.25) is 0 Å². The van der Waals surface area contributed by atoms with Gasteiger partial charge in [-0.1, -0.05) is 62.0 Å². The number of nitrogens with one attached hydrogen (secondary N) is 1. The van der Waals surface area contributed by atoms with Crippen molar-refractivity contribution in [2.24, 2.45) is 5.92 Å². The van der Waals surface area contributed by atoms with Crippen molar-refractivity contribution in [1.29, 1.82) is 0 Å². The summed E-state index contributed by atoms with van der Waals surface area (Å²) in [5.74, 6) is 0.287. The summed E-state index contributed by atoms with van der Waals surface area (Å²) < 4.78 is 5.45. The van der Waals surface area contributed by atoms with Crippen molar-refractivity contribution >= 4 is 46.2 Å². The molecular weight excluding hydrogens is 428 g/mol. The van der Waals surface area contributed by atoms with Gasteiger partial charge in [0, 0.05) is 0 Å². The van der Waals surface area contributed by atoms with Crippen LogP contribution in [0.4, 0.5) is 0 Å². The lowest BCUT2D eigenvalue weighted by molar-refractivity contribution is -0.133. The van der Waals surface area contributed by atoms with E-state index in [2.05, 4.69) is 31.4 Å². The zero-order chi connectivity index (χ0) is 22.5. The number of hydrazine groups is 1. The van der Waals surface area contributed by atoms with Crippen LogP contribution in [0.25, 0.3) is 6.08 Å². The average molecular weight is 455 g/mol. The molecule has 2 aromatic rings. The fourth-order valence-corrected chi connectivity index (χ4v) is 4.37. The molecule has 1 aliphatic heterocycles. The molecule has 5 nitrogen and oxygen atoms in total. The molecule has 2 amide bonds. The van der Waals surface area contributed by atoms with E-state index in [1.165, 1.54) is 17.3 Å². The smallest absolute Gasteiger partial charge is 0.285 e. The number of carbonyl (C=O) groups is 2. The Morgan fingerprint density at radius 2 is 1.77 bits per heavy atom. The van der Waals surface area contributed by atoms with Gasteiger partial charge >= 0.3 is 0 Å². The van der Waals surface area contributed by atoms with E-state index < -0.39 is 5.92 Å². The molecule has 7 heteroatoms. The van der Waals surface area contributed by atoms with Gasteiger partial charge in [0.2, 0.25) is 5.91 Å². The first kappa shape index (κ1) is 23.0. The molecule has 1 saturated heterocycles. The Hall–Kier alpha value is -2.64. The number of rotatable bonds is 7. The Morgan fingerprint density at radius 3 is 2.35 bits per heavy atom. The lowest BCUT2D eigenvalue weighted by Gasteiger charge is -2.19. The number of amides is 2. The summed E-state index contributed by atoms with van der Waals surface area (Å²) >= 11 is 6.49. The number of nitrogens with zero attached hydrogens (tertiary/aromatic N) is 1. The topological polar surface area (TPSA) is 58.6 Å². The van der Waals surface area contributed by atoms with Crippen LogP contribution < -0.4 is 10.2 Å². The second-order valence-corrected chi connectivity index (χ2v) is 9.50. The first-order valence-electron chi connectivity index (χ1n) is 10.1. The van der Waals surface area contributed by atoms with Crippen LogP contribution in [0.15, 0.2) is 53.4 Å². The van der Waals surface area contributed by atoms with Crippen LogP contribution in [0.5, 0.6) is 5.75 Å². The van der Waals surface area contributed by atoms with Gasteiger partial charge in [-0.05, 0) is 66.4 Å². The van der Waals surface area contributed by atoms with Crippen LogP contribution in [0.3, 0.4) is 0 Å². The van der Waals surface area contributed by atoms with Gasteiger partial charge in [0.25, 0.3) is 5.91 Å². The minimum Gasteiger partial charge on any atom is -0.497 e. The second kappa shape index (κ2) is 10.1. The number of thioether (sulfide) groups is 1. The lowest BCUT2D eigenvalue weighted by Crippen LogP contribution is -2.46. The maximum Gasteiger partial charge on any atom is 0.285 e. The highest BCUT2D eigenvalue weighted by atomic mass is 32.2. The predicted molar refractivity (Wildman–Crippen MR) is 130 cm³/mol. The SMILES string of the molecule is COc1ccc(/C=C2\SC(=S)N(NC(=O)[C@@H](C)c3ccc(CC(C)C)cc3)C2=O)cc1. The zero-order valence-electron chi connectivity index (χ0n) is 18.0. The first-order chi connectivity index (χ1) is 14.8. The average Bonchev–Trinajstić information content (AvgIpc) is 3.01. The van der Waals surface area contributed by atoms with Gasteiger partial charge in [0.15, 0.2) is 4.32 Å². The Morgan fingerprint density at radius 1 is 1.13 bits per heavy atom. The lowest BCUT2D eigenvalue weighted by atomic mass is 9.96. The summed E-state index contributed by atoms with van der Waals surface area (Å²) in [4.78, 5) is 26.0. The molecule has 0 bridgehead atoms. The third kappa shape index (κ3) is 5.74. The quantitative estimate of drug-likeness (QED) is 0.475. The summed E-state index contributed by atoms with van der Waals surface area (Å²) in [5.41, 5.74) is 5.66. The van der Waals surface area contributed by atoms with Gasteiger partial charge < -0.3 is 4.74 Å². The Kier molecular flexibility index (Phi) is 7.51. The van der Waals surface area contributed by atoms with Crippen molar-refractivity contribution in [3.8, 4) is 5.75 Å². The monoisotopic (exact) mass is 454 g/mol. The highest BCUT2D eigenvalue weighted by Crippen LogP contribution is 2.32. The molecule has 2 aromatic carbocycles. The van der Waals surface area contributed by atoms with Crippen LogP contribution in [0.1, 0.15) is 43.4 Å². The zero-order valence-corrected chi connectivity index (χ0v) is 19.7. The molecule has 1 atom stereocenters. The molecule has 162 valence electrons. The first-order valence-corrected chi connectivity index (χ1v) is 11.3. The van der Waals surface area contributed by atoms with E-state index >= 15 is 0 Å². The highest BCUT2D eigenvalue weighted by molar-refractivity contribution is 8.26. The Balaban J connectivity index is 1.67. The molecule has 0 unspecified atom stereocenters.